The number of amides is 1. The zero-order valence-electron chi connectivity index (χ0n) is 14.2. The number of carbonyl (C=O) groups excluding carboxylic acids is 1. The van der Waals surface area contributed by atoms with Crippen LogP contribution in [0.3, 0.4) is 0 Å². The van der Waals surface area contributed by atoms with Gasteiger partial charge in [0, 0.05) is 29.9 Å². The highest BCUT2D eigenvalue weighted by atomic mass is 32.2. The van der Waals surface area contributed by atoms with E-state index in [9.17, 15) is 4.79 Å². The monoisotopic (exact) mass is 348 g/mol. The van der Waals surface area contributed by atoms with E-state index in [0.29, 0.717) is 13.2 Å². The van der Waals surface area contributed by atoms with Crippen molar-refractivity contribution in [2.75, 3.05) is 18.5 Å². The third kappa shape index (κ3) is 4.98. The Balaban J connectivity index is 1.52. The van der Waals surface area contributed by atoms with Crippen LogP contribution in [-0.2, 0) is 15.3 Å². The van der Waals surface area contributed by atoms with E-state index < -0.39 is 6.04 Å². The van der Waals surface area contributed by atoms with Crippen LogP contribution in [0.4, 0.5) is 5.69 Å². The molecule has 0 bridgehead atoms. The molecular formula is C19H28N2O2S. The lowest BCUT2D eigenvalue weighted by Crippen LogP contribution is -2.44. The Labute approximate surface area is 148 Å². The Kier molecular flexibility index (Phi) is 6.58. The molecule has 1 heterocycles. The van der Waals surface area contributed by atoms with E-state index in [0.717, 1.165) is 29.5 Å². The van der Waals surface area contributed by atoms with Crippen LogP contribution in [0.5, 0.6) is 0 Å². The molecule has 1 atom stereocenters. The molecule has 1 amide bonds. The van der Waals surface area contributed by atoms with Gasteiger partial charge in [0.1, 0.15) is 0 Å². The topological polar surface area (TPSA) is 64.4 Å². The maximum absolute atomic E-state index is 12.4. The van der Waals surface area contributed by atoms with Crippen LogP contribution in [0.25, 0.3) is 0 Å². The normalized spacial score (nSPS) is 20.9. The molecule has 1 aromatic rings. The van der Waals surface area contributed by atoms with E-state index >= 15 is 0 Å². The molecule has 1 saturated heterocycles. The number of ether oxygens (including phenoxy) is 1. The Bertz CT molecular complexity index is 540. The van der Waals surface area contributed by atoms with Crippen molar-refractivity contribution in [3.05, 3.63) is 29.8 Å². The average molecular weight is 349 g/mol. The number of nitrogens with two attached hydrogens (primary N) is 1. The van der Waals surface area contributed by atoms with Crippen LogP contribution >= 0.6 is 11.8 Å². The fraction of sp³-hybridized carbons (Fsp3) is 0.632. The zero-order valence-corrected chi connectivity index (χ0v) is 15.0. The minimum Gasteiger partial charge on any atom is -0.381 e. The van der Waals surface area contributed by atoms with Gasteiger partial charge in [0.05, 0.1) is 6.04 Å². The molecule has 1 aliphatic heterocycles. The summed E-state index contributed by atoms with van der Waals surface area (Å²) in [7, 11) is 0. The van der Waals surface area contributed by atoms with E-state index in [-0.39, 0.29) is 11.8 Å². The highest BCUT2D eigenvalue weighted by Gasteiger charge is 2.26. The number of rotatable bonds is 6. The molecule has 0 aromatic heterocycles. The lowest BCUT2D eigenvalue weighted by atomic mass is 9.92. The number of anilines is 1. The zero-order chi connectivity index (χ0) is 16.8. The second-order valence-electron chi connectivity index (χ2n) is 6.88. The van der Waals surface area contributed by atoms with Crippen LogP contribution in [0.15, 0.2) is 24.3 Å². The van der Waals surface area contributed by atoms with Gasteiger partial charge in [-0.15, -0.1) is 0 Å². The van der Waals surface area contributed by atoms with Gasteiger partial charge in [-0.2, -0.15) is 11.8 Å². The summed E-state index contributed by atoms with van der Waals surface area (Å²) in [5.74, 6) is 1.16. The Morgan fingerprint density at radius 3 is 2.75 bits per heavy atom. The molecular weight excluding hydrogens is 320 g/mol. The molecule has 3 rings (SSSR count). The minimum atomic E-state index is -0.453. The number of thioether (sulfide) groups is 1. The highest BCUT2D eigenvalue weighted by Crippen LogP contribution is 2.32. The minimum absolute atomic E-state index is 0.0810. The predicted molar refractivity (Wildman–Crippen MR) is 100 cm³/mol. The third-order valence-corrected chi connectivity index (χ3v) is 6.50. The Morgan fingerprint density at radius 2 is 2.00 bits per heavy atom. The second kappa shape index (κ2) is 8.88. The summed E-state index contributed by atoms with van der Waals surface area (Å²) in [5.41, 5.74) is 8.27. The first kappa shape index (κ1) is 17.8. The number of benzene rings is 1. The van der Waals surface area contributed by atoms with Gasteiger partial charge in [-0.05, 0) is 49.3 Å². The van der Waals surface area contributed by atoms with Crippen molar-refractivity contribution in [2.45, 2.75) is 55.6 Å². The van der Waals surface area contributed by atoms with Crippen LogP contribution < -0.4 is 11.1 Å². The van der Waals surface area contributed by atoms with Gasteiger partial charge < -0.3 is 15.8 Å². The SMILES string of the molecule is NC(C(=O)Nc1cccc(CSC2CCCC2)c1)C1CCOCC1. The Morgan fingerprint density at radius 1 is 1.25 bits per heavy atom. The average Bonchev–Trinajstić information content (AvgIpc) is 3.14. The summed E-state index contributed by atoms with van der Waals surface area (Å²) in [6.45, 7) is 1.42. The van der Waals surface area contributed by atoms with Gasteiger partial charge in [0.25, 0.3) is 0 Å². The Hall–Kier alpha value is -1.04. The van der Waals surface area contributed by atoms with Gasteiger partial charge in [-0.3, -0.25) is 4.79 Å². The number of carbonyl (C=O) groups is 1. The van der Waals surface area contributed by atoms with E-state index in [1.165, 1.54) is 31.2 Å². The summed E-state index contributed by atoms with van der Waals surface area (Å²) in [6, 6.07) is 7.72. The van der Waals surface area contributed by atoms with Gasteiger partial charge in [-0.25, -0.2) is 0 Å². The summed E-state index contributed by atoms with van der Waals surface area (Å²) >= 11 is 2.04. The van der Waals surface area contributed by atoms with Gasteiger partial charge in [0.15, 0.2) is 0 Å². The molecule has 1 unspecified atom stereocenters. The van der Waals surface area contributed by atoms with Crippen LogP contribution in [0.1, 0.15) is 44.1 Å². The molecule has 0 spiro atoms. The molecule has 1 saturated carbocycles. The molecule has 3 N–H and O–H groups in total. The second-order valence-corrected chi connectivity index (χ2v) is 8.17. The van der Waals surface area contributed by atoms with Gasteiger partial charge in [0.2, 0.25) is 5.91 Å². The number of nitrogens with one attached hydrogen (secondary N) is 1. The highest BCUT2D eigenvalue weighted by molar-refractivity contribution is 7.99. The van der Waals surface area contributed by atoms with Crippen molar-refractivity contribution in [3.8, 4) is 0 Å². The van der Waals surface area contributed by atoms with Gasteiger partial charge >= 0.3 is 0 Å². The van der Waals surface area contributed by atoms with Crippen molar-refractivity contribution in [1.82, 2.24) is 0 Å². The lowest BCUT2D eigenvalue weighted by Gasteiger charge is -2.26. The summed E-state index contributed by atoms with van der Waals surface area (Å²) < 4.78 is 5.34. The van der Waals surface area contributed by atoms with Crippen molar-refractivity contribution < 1.29 is 9.53 Å². The van der Waals surface area contributed by atoms with Crippen molar-refractivity contribution in [2.24, 2.45) is 11.7 Å². The molecule has 2 aliphatic rings. The lowest BCUT2D eigenvalue weighted by molar-refractivity contribution is -0.119. The number of hydrogen-bond donors (Lipinski definition) is 2. The smallest absolute Gasteiger partial charge is 0.241 e. The predicted octanol–water partition coefficient (Wildman–Crippen LogP) is 3.55. The van der Waals surface area contributed by atoms with E-state index in [1.54, 1.807) is 0 Å². The molecule has 4 nitrogen and oxygen atoms in total. The van der Waals surface area contributed by atoms with Gasteiger partial charge in [-0.1, -0.05) is 25.0 Å². The van der Waals surface area contributed by atoms with Crippen LogP contribution in [0.2, 0.25) is 0 Å². The van der Waals surface area contributed by atoms with Crippen LogP contribution in [-0.4, -0.2) is 30.4 Å². The summed E-state index contributed by atoms with van der Waals surface area (Å²) in [5, 5.41) is 3.80. The number of hydrogen-bond acceptors (Lipinski definition) is 4. The maximum atomic E-state index is 12.4. The van der Waals surface area contributed by atoms with Crippen molar-refractivity contribution in [1.29, 1.82) is 0 Å². The maximum Gasteiger partial charge on any atom is 0.241 e. The summed E-state index contributed by atoms with van der Waals surface area (Å²) in [4.78, 5) is 12.4. The molecule has 132 valence electrons. The first-order valence-corrected chi connectivity index (χ1v) is 10.1. The summed E-state index contributed by atoms with van der Waals surface area (Å²) in [6.07, 6.45) is 7.18. The molecule has 1 aliphatic carbocycles. The van der Waals surface area contributed by atoms with Crippen LogP contribution in [0, 0.1) is 5.92 Å². The quantitative estimate of drug-likeness (QED) is 0.825. The van der Waals surface area contributed by atoms with E-state index in [4.69, 9.17) is 10.5 Å². The molecule has 0 radical (unpaired) electrons. The molecule has 2 fully saturated rings. The molecule has 24 heavy (non-hydrogen) atoms. The molecule has 1 aromatic carbocycles. The first-order chi connectivity index (χ1) is 11.7. The first-order valence-electron chi connectivity index (χ1n) is 9.07. The molecule has 5 heteroatoms. The third-order valence-electron chi connectivity index (χ3n) is 5.06. The standard InChI is InChI=1S/C19H28N2O2S/c20-18(15-8-10-23-11-9-15)19(22)21-16-5-3-4-14(12-16)13-24-17-6-1-2-7-17/h3-5,12,15,17-18H,1-2,6-11,13,20H2,(H,21,22). The van der Waals surface area contributed by atoms with Crippen molar-refractivity contribution in [3.63, 3.8) is 0 Å². The van der Waals surface area contributed by atoms with Crippen molar-refractivity contribution >= 4 is 23.4 Å². The van der Waals surface area contributed by atoms with E-state index in [1.807, 2.05) is 23.9 Å². The fourth-order valence-corrected chi connectivity index (χ4v) is 4.80. The van der Waals surface area contributed by atoms with E-state index in [2.05, 4.69) is 17.4 Å². The largest absolute Gasteiger partial charge is 0.381 e. The fourth-order valence-electron chi connectivity index (χ4n) is 3.52.